The summed E-state index contributed by atoms with van der Waals surface area (Å²) >= 11 is 0. The zero-order valence-corrected chi connectivity index (χ0v) is 13.4. The van der Waals surface area contributed by atoms with Crippen LogP contribution in [-0.2, 0) is 4.79 Å². The fraction of sp³-hybridized carbons (Fsp3) is 0.875. The molecule has 1 saturated carbocycles. The van der Waals surface area contributed by atoms with Crippen molar-refractivity contribution in [1.82, 2.24) is 10.6 Å². The number of urea groups is 1. The standard InChI is InChI=1S/C16H30N2O3/c1-12(2)13-8-5-6-9-14(13)18-16(21)17-11-7-3-4-10-15(19)20/h12-14H,3-11H2,1-2H3,(H,19,20)(H2,17,18,21). The summed E-state index contributed by atoms with van der Waals surface area (Å²) in [6, 6.07) is 0.219. The Bertz CT molecular complexity index is 331. The number of amides is 2. The number of aliphatic carboxylic acids is 1. The number of rotatable bonds is 8. The zero-order chi connectivity index (χ0) is 15.7. The van der Waals surface area contributed by atoms with E-state index in [1.54, 1.807) is 0 Å². The van der Waals surface area contributed by atoms with Crippen LogP contribution in [0.2, 0.25) is 0 Å². The van der Waals surface area contributed by atoms with Gasteiger partial charge in [0.1, 0.15) is 0 Å². The van der Waals surface area contributed by atoms with Gasteiger partial charge in [-0.05, 0) is 37.5 Å². The van der Waals surface area contributed by atoms with Crippen LogP contribution in [0.3, 0.4) is 0 Å². The van der Waals surface area contributed by atoms with E-state index in [2.05, 4.69) is 24.5 Å². The molecular weight excluding hydrogens is 268 g/mol. The second-order valence-electron chi connectivity index (χ2n) is 6.40. The predicted octanol–water partition coefficient (Wildman–Crippen LogP) is 3.15. The lowest BCUT2D eigenvalue weighted by molar-refractivity contribution is -0.137. The van der Waals surface area contributed by atoms with Crippen molar-refractivity contribution in [3.8, 4) is 0 Å². The van der Waals surface area contributed by atoms with E-state index in [-0.39, 0.29) is 12.5 Å². The maximum Gasteiger partial charge on any atom is 0.315 e. The normalized spacial score (nSPS) is 22.0. The van der Waals surface area contributed by atoms with Crippen molar-refractivity contribution in [2.24, 2.45) is 11.8 Å². The predicted molar refractivity (Wildman–Crippen MR) is 83.2 cm³/mol. The minimum absolute atomic E-state index is 0.0780. The molecule has 1 aliphatic rings. The van der Waals surface area contributed by atoms with E-state index in [4.69, 9.17) is 5.11 Å². The van der Waals surface area contributed by atoms with Crippen LogP contribution in [0.25, 0.3) is 0 Å². The third-order valence-corrected chi connectivity index (χ3v) is 4.35. The number of carbonyl (C=O) groups is 2. The summed E-state index contributed by atoms with van der Waals surface area (Å²) in [7, 11) is 0. The maximum absolute atomic E-state index is 11.9. The van der Waals surface area contributed by atoms with Crippen molar-refractivity contribution in [3.63, 3.8) is 0 Å². The number of nitrogens with one attached hydrogen (secondary N) is 2. The summed E-state index contributed by atoms with van der Waals surface area (Å²) < 4.78 is 0. The van der Waals surface area contributed by atoms with Gasteiger partial charge >= 0.3 is 12.0 Å². The van der Waals surface area contributed by atoms with Crippen LogP contribution < -0.4 is 10.6 Å². The Morgan fingerprint density at radius 1 is 1.14 bits per heavy atom. The van der Waals surface area contributed by atoms with Crippen molar-refractivity contribution >= 4 is 12.0 Å². The molecule has 2 unspecified atom stereocenters. The first-order chi connectivity index (χ1) is 10.0. The summed E-state index contributed by atoms with van der Waals surface area (Å²) in [4.78, 5) is 22.3. The van der Waals surface area contributed by atoms with Gasteiger partial charge in [0, 0.05) is 19.0 Å². The number of carbonyl (C=O) groups excluding carboxylic acids is 1. The van der Waals surface area contributed by atoms with Crippen LogP contribution in [0, 0.1) is 11.8 Å². The van der Waals surface area contributed by atoms with Crippen molar-refractivity contribution in [2.75, 3.05) is 6.54 Å². The summed E-state index contributed by atoms with van der Waals surface area (Å²) in [5, 5.41) is 14.5. The number of hydrogen-bond donors (Lipinski definition) is 3. The highest BCUT2D eigenvalue weighted by molar-refractivity contribution is 5.74. The van der Waals surface area contributed by atoms with E-state index < -0.39 is 5.97 Å². The first kappa shape index (κ1) is 17.8. The minimum Gasteiger partial charge on any atom is -0.481 e. The van der Waals surface area contributed by atoms with Crippen molar-refractivity contribution in [2.45, 2.75) is 71.3 Å². The van der Waals surface area contributed by atoms with Crippen LogP contribution in [0.5, 0.6) is 0 Å². The van der Waals surface area contributed by atoms with Gasteiger partial charge in [-0.3, -0.25) is 4.79 Å². The first-order valence-corrected chi connectivity index (χ1v) is 8.27. The Morgan fingerprint density at radius 3 is 2.52 bits per heavy atom. The SMILES string of the molecule is CC(C)C1CCCCC1NC(=O)NCCCCCC(=O)O. The van der Waals surface area contributed by atoms with E-state index in [9.17, 15) is 9.59 Å². The van der Waals surface area contributed by atoms with Crippen LogP contribution in [0.15, 0.2) is 0 Å². The third-order valence-electron chi connectivity index (χ3n) is 4.35. The highest BCUT2D eigenvalue weighted by atomic mass is 16.4. The maximum atomic E-state index is 11.9. The van der Waals surface area contributed by atoms with Gasteiger partial charge in [-0.1, -0.05) is 33.1 Å². The molecule has 1 fully saturated rings. The van der Waals surface area contributed by atoms with E-state index >= 15 is 0 Å². The highest BCUT2D eigenvalue weighted by Crippen LogP contribution is 2.30. The van der Waals surface area contributed by atoms with Gasteiger partial charge in [-0.2, -0.15) is 0 Å². The Morgan fingerprint density at radius 2 is 1.86 bits per heavy atom. The molecule has 0 heterocycles. The van der Waals surface area contributed by atoms with Crippen LogP contribution in [0.1, 0.15) is 65.2 Å². The van der Waals surface area contributed by atoms with Gasteiger partial charge in [0.2, 0.25) is 0 Å². The monoisotopic (exact) mass is 298 g/mol. The smallest absolute Gasteiger partial charge is 0.315 e. The largest absolute Gasteiger partial charge is 0.481 e. The molecule has 2 amide bonds. The molecule has 122 valence electrons. The topological polar surface area (TPSA) is 78.4 Å². The lowest BCUT2D eigenvalue weighted by Crippen LogP contribution is -2.48. The molecule has 1 aliphatic carbocycles. The average Bonchev–Trinajstić information content (AvgIpc) is 2.42. The summed E-state index contributed by atoms with van der Waals surface area (Å²) in [5.41, 5.74) is 0. The van der Waals surface area contributed by atoms with Crippen molar-refractivity contribution < 1.29 is 14.7 Å². The van der Waals surface area contributed by atoms with E-state index in [1.807, 2.05) is 0 Å². The van der Waals surface area contributed by atoms with E-state index in [0.717, 1.165) is 19.3 Å². The lowest BCUT2D eigenvalue weighted by Gasteiger charge is -2.34. The van der Waals surface area contributed by atoms with Crippen molar-refractivity contribution in [3.05, 3.63) is 0 Å². The molecule has 0 aromatic rings. The van der Waals surface area contributed by atoms with Crippen LogP contribution in [0.4, 0.5) is 4.79 Å². The van der Waals surface area contributed by atoms with Gasteiger partial charge in [0.25, 0.3) is 0 Å². The number of hydrogen-bond acceptors (Lipinski definition) is 2. The molecule has 5 nitrogen and oxygen atoms in total. The van der Waals surface area contributed by atoms with Crippen molar-refractivity contribution in [1.29, 1.82) is 0 Å². The Balaban J connectivity index is 2.16. The van der Waals surface area contributed by atoms with Gasteiger partial charge < -0.3 is 15.7 Å². The molecule has 0 saturated heterocycles. The van der Waals surface area contributed by atoms with Gasteiger partial charge in [-0.15, -0.1) is 0 Å². The molecule has 0 aromatic heterocycles. The molecule has 5 heteroatoms. The second kappa shape index (κ2) is 9.64. The Kier molecular flexibility index (Phi) is 8.16. The number of carboxylic acid groups (broad SMARTS) is 1. The van der Waals surface area contributed by atoms with Crippen LogP contribution >= 0.6 is 0 Å². The van der Waals surface area contributed by atoms with E-state index in [1.165, 1.54) is 19.3 Å². The van der Waals surface area contributed by atoms with Crippen LogP contribution in [-0.4, -0.2) is 29.7 Å². The molecule has 21 heavy (non-hydrogen) atoms. The molecule has 0 bridgehead atoms. The molecule has 1 rings (SSSR count). The fourth-order valence-corrected chi connectivity index (χ4v) is 3.14. The first-order valence-electron chi connectivity index (χ1n) is 8.27. The quantitative estimate of drug-likeness (QED) is 0.602. The Hall–Kier alpha value is -1.26. The molecule has 0 radical (unpaired) electrons. The lowest BCUT2D eigenvalue weighted by atomic mass is 9.78. The van der Waals surface area contributed by atoms with Gasteiger partial charge in [-0.25, -0.2) is 4.79 Å². The highest BCUT2D eigenvalue weighted by Gasteiger charge is 2.28. The second-order valence-corrected chi connectivity index (χ2v) is 6.40. The third kappa shape index (κ3) is 7.34. The molecule has 0 spiro atoms. The summed E-state index contributed by atoms with van der Waals surface area (Å²) in [6.07, 6.45) is 7.31. The molecular formula is C16H30N2O3. The molecule has 3 N–H and O–H groups in total. The Labute approximate surface area is 127 Å². The molecule has 0 aliphatic heterocycles. The minimum atomic E-state index is -0.752. The fourth-order valence-electron chi connectivity index (χ4n) is 3.14. The number of unbranched alkanes of at least 4 members (excludes halogenated alkanes) is 2. The average molecular weight is 298 g/mol. The summed E-state index contributed by atoms with van der Waals surface area (Å²) in [6.45, 7) is 5.07. The van der Waals surface area contributed by atoms with Gasteiger partial charge in [0.15, 0.2) is 0 Å². The molecule has 2 atom stereocenters. The summed E-state index contributed by atoms with van der Waals surface area (Å²) in [5.74, 6) is 0.435. The zero-order valence-electron chi connectivity index (χ0n) is 13.4. The van der Waals surface area contributed by atoms with E-state index in [0.29, 0.717) is 30.8 Å². The molecule has 0 aromatic carbocycles. The van der Waals surface area contributed by atoms with Gasteiger partial charge in [0.05, 0.1) is 0 Å². The number of carboxylic acids is 1.